The van der Waals surface area contributed by atoms with Crippen molar-refractivity contribution in [3.05, 3.63) is 47.8 Å². The quantitative estimate of drug-likeness (QED) is 0.829. The van der Waals surface area contributed by atoms with Crippen LogP contribution in [0.25, 0.3) is 0 Å². The molecule has 4 heteroatoms. The summed E-state index contributed by atoms with van der Waals surface area (Å²) in [5.41, 5.74) is 0.525. The van der Waals surface area contributed by atoms with E-state index >= 15 is 0 Å². The van der Waals surface area contributed by atoms with Crippen molar-refractivity contribution >= 4 is 0 Å². The Morgan fingerprint density at radius 1 is 1.17 bits per heavy atom. The summed E-state index contributed by atoms with van der Waals surface area (Å²) >= 11 is 0. The minimum absolute atomic E-state index is 0.525. The monoisotopic (exact) mass is 328 g/mol. The van der Waals surface area contributed by atoms with Gasteiger partial charge in [-0.25, -0.2) is 0 Å². The molecule has 0 radical (unpaired) electrons. The fourth-order valence-corrected chi connectivity index (χ4v) is 4.66. The summed E-state index contributed by atoms with van der Waals surface area (Å²) in [6, 6.07) is 8.94. The molecule has 0 aromatic carbocycles. The lowest BCUT2D eigenvalue weighted by atomic mass is 9.59. The highest BCUT2D eigenvalue weighted by Crippen LogP contribution is 2.51. The van der Waals surface area contributed by atoms with E-state index in [1.165, 1.54) is 38.8 Å². The maximum Gasteiger partial charge on any atom is 0.118 e. The Morgan fingerprint density at radius 3 is 2.58 bits per heavy atom. The molecule has 1 spiro atoms. The number of rotatable bonds is 5. The van der Waals surface area contributed by atoms with Crippen LogP contribution in [0.2, 0.25) is 0 Å². The van der Waals surface area contributed by atoms with Gasteiger partial charge in [0, 0.05) is 6.04 Å². The van der Waals surface area contributed by atoms with Crippen LogP contribution < -0.4 is 0 Å². The zero-order valence-electron chi connectivity index (χ0n) is 14.8. The van der Waals surface area contributed by atoms with Crippen molar-refractivity contribution in [1.29, 1.82) is 0 Å². The number of hydrogen-bond acceptors (Lipinski definition) is 4. The average Bonchev–Trinajstić information content (AvgIpc) is 3.19. The number of likely N-dealkylation sites (tertiary alicyclic amines) is 1. The number of aryl methyl sites for hydroxylation is 1. The lowest BCUT2D eigenvalue weighted by Gasteiger charge is -2.56. The Hall–Kier alpha value is -1.52. The Labute approximate surface area is 144 Å². The van der Waals surface area contributed by atoms with Crippen molar-refractivity contribution in [2.24, 2.45) is 5.41 Å². The molecule has 1 aliphatic heterocycles. The van der Waals surface area contributed by atoms with Crippen LogP contribution in [0.4, 0.5) is 0 Å². The van der Waals surface area contributed by atoms with E-state index in [2.05, 4.69) is 35.0 Å². The third-order valence-electron chi connectivity index (χ3n) is 6.17. The summed E-state index contributed by atoms with van der Waals surface area (Å²) in [6.07, 6.45) is 7.09. The van der Waals surface area contributed by atoms with E-state index < -0.39 is 0 Å². The zero-order chi connectivity index (χ0) is 16.6. The van der Waals surface area contributed by atoms with E-state index in [-0.39, 0.29) is 0 Å². The molecule has 24 heavy (non-hydrogen) atoms. The molecule has 2 aliphatic rings. The summed E-state index contributed by atoms with van der Waals surface area (Å²) in [5.74, 6) is 3.19. The molecular weight excluding hydrogens is 300 g/mol. The van der Waals surface area contributed by atoms with Gasteiger partial charge in [-0.15, -0.1) is 0 Å². The molecule has 4 rings (SSSR count). The van der Waals surface area contributed by atoms with E-state index in [0.29, 0.717) is 11.5 Å². The van der Waals surface area contributed by atoms with Crippen LogP contribution in [-0.2, 0) is 13.1 Å². The average molecular weight is 328 g/mol. The van der Waals surface area contributed by atoms with E-state index in [0.717, 1.165) is 30.4 Å². The van der Waals surface area contributed by atoms with Crippen molar-refractivity contribution in [2.45, 2.75) is 51.7 Å². The zero-order valence-corrected chi connectivity index (χ0v) is 14.8. The highest BCUT2D eigenvalue weighted by molar-refractivity contribution is 5.08. The van der Waals surface area contributed by atoms with Crippen LogP contribution in [0, 0.1) is 12.3 Å². The molecule has 1 saturated heterocycles. The predicted molar refractivity (Wildman–Crippen MR) is 93.6 cm³/mol. The fourth-order valence-electron chi connectivity index (χ4n) is 4.66. The van der Waals surface area contributed by atoms with Gasteiger partial charge in [-0.3, -0.25) is 9.80 Å². The first-order valence-electron chi connectivity index (χ1n) is 9.15. The Morgan fingerprint density at radius 2 is 2.00 bits per heavy atom. The van der Waals surface area contributed by atoms with Crippen molar-refractivity contribution in [1.82, 2.24) is 9.80 Å². The SMILES string of the molecule is Cc1ccc(CN2CCC3(CC[C@H]3N(C)Cc3ccco3)CC2)o1. The van der Waals surface area contributed by atoms with Crippen LogP contribution >= 0.6 is 0 Å². The molecule has 0 N–H and O–H groups in total. The Kier molecular flexibility index (Phi) is 4.27. The second-order valence-electron chi connectivity index (χ2n) is 7.70. The van der Waals surface area contributed by atoms with Gasteiger partial charge in [-0.05, 0) is 82.4 Å². The van der Waals surface area contributed by atoms with Crippen molar-refractivity contribution in [2.75, 3.05) is 20.1 Å². The van der Waals surface area contributed by atoms with Gasteiger partial charge in [0.05, 0.1) is 19.4 Å². The summed E-state index contributed by atoms with van der Waals surface area (Å²) in [6.45, 7) is 6.27. The smallest absolute Gasteiger partial charge is 0.118 e. The Balaban J connectivity index is 1.32. The topological polar surface area (TPSA) is 32.8 Å². The molecule has 4 nitrogen and oxygen atoms in total. The summed E-state index contributed by atoms with van der Waals surface area (Å²) in [7, 11) is 2.26. The molecule has 3 heterocycles. The van der Waals surface area contributed by atoms with Crippen LogP contribution in [0.15, 0.2) is 39.4 Å². The Bertz CT molecular complexity index is 653. The van der Waals surface area contributed by atoms with Crippen LogP contribution in [0.1, 0.15) is 43.0 Å². The molecular formula is C20H28N2O2. The number of piperidine rings is 1. The van der Waals surface area contributed by atoms with Gasteiger partial charge in [0.1, 0.15) is 17.3 Å². The standard InChI is InChI=1S/C20H28N2O2/c1-16-5-6-18(24-16)15-22-11-9-20(10-12-22)8-7-19(20)21(2)14-17-4-3-13-23-17/h3-6,13,19H,7-12,14-15H2,1-2H3/t19-/m1/s1. The third kappa shape index (κ3) is 3.05. The van der Waals surface area contributed by atoms with E-state index in [1.807, 2.05) is 13.0 Å². The van der Waals surface area contributed by atoms with Gasteiger partial charge in [0.2, 0.25) is 0 Å². The minimum atomic E-state index is 0.525. The maximum absolute atomic E-state index is 5.74. The molecule has 1 saturated carbocycles. The minimum Gasteiger partial charge on any atom is -0.468 e. The summed E-state index contributed by atoms with van der Waals surface area (Å²) in [4.78, 5) is 5.05. The van der Waals surface area contributed by atoms with Gasteiger partial charge in [0.15, 0.2) is 0 Å². The summed E-state index contributed by atoms with van der Waals surface area (Å²) < 4.78 is 11.3. The van der Waals surface area contributed by atoms with Gasteiger partial charge < -0.3 is 8.83 Å². The van der Waals surface area contributed by atoms with Crippen molar-refractivity contribution in [3.8, 4) is 0 Å². The van der Waals surface area contributed by atoms with Gasteiger partial charge in [0.25, 0.3) is 0 Å². The molecule has 2 aromatic rings. The molecule has 1 aliphatic carbocycles. The van der Waals surface area contributed by atoms with Crippen molar-refractivity contribution < 1.29 is 8.83 Å². The highest BCUT2D eigenvalue weighted by atomic mass is 16.3. The predicted octanol–water partition coefficient (Wildman–Crippen LogP) is 4.06. The van der Waals surface area contributed by atoms with Crippen LogP contribution in [0.3, 0.4) is 0 Å². The maximum atomic E-state index is 5.74. The molecule has 0 amide bonds. The van der Waals surface area contributed by atoms with Gasteiger partial charge in [-0.2, -0.15) is 0 Å². The second kappa shape index (κ2) is 6.41. The highest BCUT2D eigenvalue weighted by Gasteiger charge is 2.49. The molecule has 2 aromatic heterocycles. The molecule has 0 bridgehead atoms. The van der Waals surface area contributed by atoms with Crippen LogP contribution in [0.5, 0.6) is 0 Å². The lowest BCUT2D eigenvalue weighted by molar-refractivity contribution is -0.0655. The van der Waals surface area contributed by atoms with Gasteiger partial charge in [-0.1, -0.05) is 0 Å². The molecule has 2 fully saturated rings. The number of nitrogens with zero attached hydrogens (tertiary/aromatic N) is 2. The van der Waals surface area contributed by atoms with E-state index in [4.69, 9.17) is 8.83 Å². The van der Waals surface area contributed by atoms with Crippen molar-refractivity contribution in [3.63, 3.8) is 0 Å². The van der Waals surface area contributed by atoms with E-state index in [9.17, 15) is 0 Å². The first-order valence-corrected chi connectivity index (χ1v) is 9.15. The second-order valence-corrected chi connectivity index (χ2v) is 7.70. The third-order valence-corrected chi connectivity index (χ3v) is 6.17. The number of furan rings is 2. The van der Waals surface area contributed by atoms with E-state index in [1.54, 1.807) is 6.26 Å². The fraction of sp³-hybridized carbons (Fsp3) is 0.600. The lowest BCUT2D eigenvalue weighted by Crippen LogP contribution is -2.57. The first kappa shape index (κ1) is 16.0. The first-order chi connectivity index (χ1) is 11.6. The molecule has 1 atom stereocenters. The van der Waals surface area contributed by atoms with Crippen LogP contribution in [-0.4, -0.2) is 36.0 Å². The molecule has 130 valence electrons. The normalized spacial score (nSPS) is 23.7. The number of hydrogen-bond donors (Lipinski definition) is 0. The van der Waals surface area contributed by atoms with Gasteiger partial charge >= 0.3 is 0 Å². The summed E-state index contributed by atoms with van der Waals surface area (Å²) in [5, 5.41) is 0. The largest absolute Gasteiger partial charge is 0.468 e. The molecule has 0 unspecified atom stereocenters.